The summed E-state index contributed by atoms with van der Waals surface area (Å²) in [4.78, 5) is 11.2. The van der Waals surface area contributed by atoms with E-state index in [1.807, 2.05) is 18.2 Å². The first kappa shape index (κ1) is 32.7. The van der Waals surface area contributed by atoms with E-state index in [2.05, 4.69) is 31.3 Å². The van der Waals surface area contributed by atoms with Crippen LogP contribution in [0.1, 0.15) is 49.8 Å². The molecule has 3 aromatic carbocycles. The summed E-state index contributed by atoms with van der Waals surface area (Å²) in [6.45, 7) is 4.84. The molecule has 3 rings (SSSR count). The van der Waals surface area contributed by atoms with Crippen molar-refractivity contribution >= 4 is 17.9 Å². The van der Waals surface area contributed by atoms with E-state index in [0.717, 1.165) is 48.9 Å². The standard InChI is InChI=1S/C32H39F3N2O3S/c1-31(2,17-7-10-23-8-5-4-6-9-23)36-21-28(38)22-37(3)41-29-19-26(18-27(20-29)32(33,34)35)25-14-11-24(12-15-25)13-16-30(39)40/h4-6,8-9,11-12,14-15,18-20,28,36,38H,7,10,13,16-17,21-22H2,1-3H3,(H,39,40)/t28-/m1/s1. The molecule has 0 bridgehead atoms. The van der Waals surface area contributed by atoms with E-state index in [9.17, 15) is 23.1 Å². The van der Waals surface area contributed by atoms with E-state index in [4.69, 9.17) is 5.11 Å². The predicted octanol–water partition coefficient (Wildman–Crippen LogP) is 7.08. The van der Waals surface area contributed by atoms with Gasteiger partial charge in [0.1, 0.15) is 0 Å². The lowest BCUT2D eigenvalue weighted by Gasteiger charge is -2.29. The lowest BCUT2D eigenvalue weighted by molar-refractivity contribution is -0.138. The first-order valence-electron chi connectivity index (χ1n) is 13.7. The molecule has 0 aliphatic rings. The van der Waals surface area contributed by atoms with Crippen LogP contribution in [0, 0.1) is 0 Å². The summed E-state index contributed by atoms with van der Waals surface area (Å²) < 4.78 is 42.9. The molecule has 0 spiro atoms. The van der Waals surface area contributed by atoms with Crippen LogP contribution >= 0.6 is 11.9 Å². The van der Waals surface area contributed by atoms with Crippen LogP contribution in [0.5, 0.6) is 0 Å². The number of nitrogens with zero attached hydrogens (tertiary/aromatic N) is 1. The molecule has 0 aromatic heterocycles. The van der Waals surface area contributed by atoms with Crippen LogP contribution in [-0.4, -0.2) is 52.3 Å². The molecule has 0 radical (unpaired) electrons. The Kier molecular flexibility index (Phi) is 11.8. The van der Waals surface area contributed by atoms with Gasteiger partial charge >= 0.3 is 12.1 Å². The second-order valence-corrected chi connectivity index (χ2v) is 12.3. The van der Waals surface area contributed by atoms with Gasteiger partial charge in [-0.25, -0.2) is 4.31 Å². The average Bonchev–Trinajstić information content (AvgIpc) is 2.91. The van der Waals surface area contributed by atoms with E-state index in [0.29, 0.717) is 29.0 Å². The minimum absolute atomic E-state index is 0.0108. The summed E-state index contributed by atoms with van der Waals surface area (Å²) in [7, 11) is 1.75. The number of rotatable bonds is 15. The zero-order valence-corrected chi connectivity index (χ0v) is 24.6. The maximum absolute atomic E-state index is 13.7. The van der Waals surface area contributed by atoms with Gasteiger partial charge in [0.15, 0.2) is 0 Å². The van der Waals surface area contributed by atoms with Crippen LogP contribution in [-0.2, 0) is 23.8 Å². The summed E-state index contributed by atoms with van der Waals surface area (Å²) >= 11 is 1.15. The van der Waals surface area contributed by atoms with Crippen molar-refractivity contribution in [2.75, 3.05) is 20.1 Å². The molecule has 0 saturated carbocycles. The summed E-state index contributed by atoms with van der Waals surface area (Å²) in [6.07, 6.45) is -1.94. The molecule has 5 nitrogen and oxygen atoms in total. The van der Waals surface area contributed by atoms with Gasteiger partial charge in [-0.05, 0) is 99.0 Å². The van der Waals surface area contributed by atoms with Crippen molar-refractivity contribution in [3.63, 3.8) is 0 Å². The van der Waals surface area contributed by atoms with E-state index in [1.165, 1.54) is 5.56 Å². The molecular weight excluding hydrogens is 549 g/mol. The number of aliphatic hydroxyl groups is 1. The Morgan fingerprint density at radius 3 is 2.24 bits per heavy atom. The predicted molar refractivity (Wildman–Crippen MR) is 159 cm³/mol. The largest absolute Gasteiger partial charge is 0.481 e. The Morgan fingerprint density at radius 2 is 1.61 bits per heavy atom. The number of nitrogens with one attached hydrogen (secondary N) is 1. The topological polar surface area (TPSA) is 72.8 Å². The molecule has 3 N–H and O–H groups in total. The number of likely N-dealkylation sites (N-methyl/N-ethyl adjacent to an activating group) is 1. The van der Waals surface area contributed by atoms with Crippen molar-refractivity contribution in [2.45, 2.75) is 68.7 Å². The molecular formula is C32H39F3N2O3S. The average molecular weight is 589 g/mol. The fraction of sp³-hybridized carbons (Fsp3) is 0.406. The number of benzene rings is 3. The van der Waals surface area contributed by atoms with Crippen molar-refractivity contribution < 1.29 is 28.2 Å². The third-order valence-electron chi connectivity index (χ3n) is 6.80. The first-order chi connectivity index (χ1) is 19.3. The molecule has 0 aliphatic carbocycles. The number of alkyl halides is 3. The summed E-state index contributed by atoms with van der Waals surface area (Å²) in [5.74, 6) is -0.902. The summed E-state index contributed by atoms with van der Waals surface area (Å²) in [5, 5.41) is 22.9. The number of carboxylic acids is 1. The monoisotopic (exact) mass is 588 g/mol. The molecule has 0 unspecified atom stereocenters. The van der Waals surface area contributed by atoms with E-state index in [-0.39, 0.29) is 18.5 Å². The number of hydrogen-bond acceptors (Lipinski definition) is 5. The maximum Gasteiger partial charge on any atom is 0.416 e. The summed E-state index contributed by atoms with van der Waals surface area (Å²) in [6, 6.07) is 21.1. The lowest BCUT2D eigenvalue weighted by Crippen LogP contribution is -2.45. The molecule has 1 atom stereocenters. The second kappa shape index (κ2) is 14.9. The quantitative estimate of drug-likeness (QED) is 0.165. The number of carbonyl (C=O) groups is 1. The molecule has 0 heterocycles. The number of aliphatic carboxylic acids is 1. The number of β-amino-alcohol motifs (C(OH)–C–C–N with tert-alkyl or cyclic N) is 1. The lowest BCUT2D eigenvalue weighted by atomic mass is 9.95. The Labute approximate surface area is 244 Å². The molecule has 0 fully saturated rings. The molecule has 3 aromatic rings. The van der Waals surface area contributed by atoms with Gasteiger partial charge in [0.05, 0.1) is 11.7 Å². The normalized spacial score (nSPS) is 13.0. The number of aryl methyl sites for hydroxylation is 2. The Balaban J connectivity index is 1.58. The molecule has 0 amide bonds. The highest BCUT2D eigenvalue weighted by Crippen LogP contribution is 2.36. The van der Waals surface area contributed by atoms with Gasteiger partial charge < -0.3 is 15.5 Å². The zero-order valence-electron chi connectivity index (χ0n) is 23.7. The van der Waals surface area contributed by atoms with Gasteiger partial charge in [0.25, 0.3) is 0 Å². The highest BCUT2D eigenvalue weighted by molar-refractivity contribution is 7.97. The number of carboxylic acid groups (broad SMARTS) is 1. The van der Waals surface area contributed by atoms with Crippen LogP contribution < -0.4 is 5.32 Å². The Morgan fingerprint density at radius 1 is 0.951 bits per heavy atom. The molecule has 222 valence electrons. The van der Waals surface area contributed by atoms with Crippen LogP contribution in [0.2, 0.25) is 0 Å². The van der Waals surface area contributed by atoms with Gasteiger partial charge in [-0.15, -0.1) is 0 Å². The molecule has 41 heavy (non-hydrogen) atoms. The Bertz CT molecular complexity index is 1250. The number of aliphatic hydroxyl groups excluding tert-OH is 1. The van der Waals surface area contributed by atoms with E-state index < -0.39 is 23.8 Å². The number of hydrogen-bond donors (Lipinski definition) is 3. The minimum Gasteiger partial charge on any atom is -0.481 e. The van der Waals surface area contributed by atoms with Gasteiger partial charge in [-0.3, -0.25) is 4.79 Å². The SMILES string of the molecule is CN(C[C@H](O)CNC(C)(C)CCCc1ccccc1)Sc1cc(-c2ccc(CCC(=O)O)cc2)cc(C(F)(F)F)c1. The van der Waals surface area contributed by atoms with Crippen molar-refractivity contribution in [1.29, 1.82) is 0 Å². The smallest absolute Gasteiger partial charge is 0.416 e. The Hall–Kier alpha value is -2.85. The fourth-order valence-corrected chi connectivity index (χ4v) is 5.50. The highest BCUT2D eigenvalue weighted by atomic mass is 32.2. The fourth-order valence-electron chi connectivity index (χ4n) is 4.54. The first-order valence-corrected chi connectivity index (χ1v) is 14.5. The zero-order chi connectivity index (χ0) is 30.0. The van der Waals surface area contributed by atoms with Crippen molar-refractivity contribution in [1.82, 2.24) is 9.62 Å². The minimum atomic E-state index is -4.51. The molecule has 0 saturated heterocycles. The van der Waals surface area contributed by atoms with Gasteiger partial charge in [-0.2, -0.15) is 13.2 Å². The summed E-state index contributed by atoms with van der Waals surface area (Å²) in [5.41, 5.74) is 2.21. The second-order valence-electron chi connectivity index (χ2n) is 11.0. The van der Waals surface area contributed by atoms with Gasteiger partial charge in [-0.1, -0.05) is 54.6 Å². The van der Waals surface area contributed by atoms with Crippen LogP contribution in [0.3, 0.4) is 0 Å². The van der Waals surface area contributed by atoms with Crippen LogP contribution in [0.25, 0.3) is 11.1 Å². The van der Waals surface area contributed by atoms with Gasteiger partial charge in [0, 0.05) is 29.9 Å². The third-order valence-corrected chi connectivity index (χ3v) is 7.71. The van der Waals surface area contributed by atoms with Crippen LogP contribution in [0.15, 0.2) is 77.7 Å². The third kappa shape index (κ3) is 11.5. The highest BCUT2D eigenvalue weighted by Gasteiger charge is 2.31. The number of halogens is 3. The van der Waals surface area contributed by atoms with Gasteiger partial charge in [0.2, 0.25) is 0 Å². The maximum atomic E-state index is 13.7. The van der Waals surface area contributed by atoms with Crippen molar-refractivity contribution in [2.24, 2.45) is 0 Å². The van der Waals surface area contributed by atoms with E-state index in [1.54, 1.807) is 41.7 Å². The molecule has 9 heteroatoms. The van der Waals surface area contributed by atoms with E-state index >= 15 is 0 Å². The van der Waals surface area contributed by atoms with Crippen molar-refractivity contribution in [3.8, 4) is 11.1 Å². The molecule has 0 aliphatic heterocycles. The van der Waals surface area contributed by atoms with Crippen molar-refractivity contribution in [3.05, 3.63) is 89.5 Å². The van der Waals surface area contributed by atoms with Crippen LogP contribution in [0.4, 0.5) is 13.2 Å².